The van der Waals surface area contributed by atoms with E-state index in [2.05, 4.69) is 45.7 Å². The third-order valence-corrected chi connectivity index (χ3v) is 2.87. The summed E-state index contributed by atoms with van der Waals surface area (Å²) in [6.07, 6.45) is 4.16. The van der Waals surface area contributed by atoms with Gasteiger partial charge in [-0.15, -0.1) is 0 Å². The van der Waals surface area contributed by atoms with Gasteiger partial charge in [0.25, 0.3) is 0 Å². The summed E-state index contributed by atoms with van der Waals surface area (Å²) in [5.74, 6) is 1.45. The minimum Gasteiger partial charge on any atom is -0.266 e. The van der Waals surface area contributed by atoms with Crippen molar-refractivity contribution < 1.29 is 0 Å². The molecule has 1 aliphatic rings. The maximum absolute atomic E-state index is 6.19. The van der Waals surface area contributed by atoms with Crippen molar-refractivity contribution >= 4 is 14.1 Å². The Morgan fingerprint density at radius 2 is 1.93 bits per heavy atom. The van der Waals surface area contributed by atoms with Crippen molar-refractivity contribution in [3.8, 4) is 0 Å². The standard InChI is InChI=1S/C12H20BN/c1-8(2)10-6-11(9(3)4)14-7-12(10,5)13/h6-10H,1-5H3. The molecule has 2 unspecified atom stereocenters. The second-order valence-electron chi connectivity index (χ2n) is 5.14. The zero-order valence-corrected chi connectivity index (χ0v) is 9.91. The second-order valence-corrected chi connectivity index (χ2v) is 5.14. The lowest BCUT2D eigenvalue weighted by atomic mass is 9.58. The summed E-state index contributed by atoms with van der Waals surface area (Å²) < 4.78 is 0. The van der Waals surface area contributed by atoms with Gasteiger partial charge in [-0.1, -0.05) is 40.7 Å². The van der Waals surface area contributed by atoms with Crippen molar-refractivity contribution in [3.63, 3.8) is 0 Å². The largest absolute Gasteiger partial charge is 0.266 e. The molecule has 2 radical (unpaired) electrons. The average molecular weight is 189 g/mol. The Bertz CT molecular complexity index is 261. The highest BCUT2D eigenvalue weighted by atomic mass is 14.8. The van der Waals surface area contributed by atoms with Crippen molar-refractivity contribution in [2.75, 3.05) is 0 Å². The smallest absolute Gasteiger partial charge is 0.0827 e. The molecule has 0 spiro atoms. The first-order valence-corrected chi connectivity index (χ1v) is 5.40. The number of hydrogen-bond acceptors (Lipinski definition) is 1. The van der Waals surface area contributed by atoms with Crippen LogP contribution in [0.25, 0.3) is 0 Å². The Labute approximate surface area is 89.1 Å². The summed E-state index contributed by atoms with van der Waals surface area (Å²) in [4.78, 5) is 4.43. The van der Waals surface area contributed by atoms with Gasteiger partial charge in [0.15, 0.2) is 0 Å². The Balaban J connectivity index is 2.95. The van der Waals surface area contributed by atoms with Gasteiger partial charge in [-0.25, -0.2) is 0 Å². The molecule has 0 aromatic heterocycles. The lowest BCUT2D eigenvalue weighted by molar-refractivity contribution is 0.408. The molecule has 0 aromatic rings. The Kier molecular flexibility index (Phi) is 3.23. The molecule has 1 heterocycles. The van der Waals surface area contributed by atoms with E-state index in [9.17, 15) is 0 Å². The maximum atomic E-state index is 6.19. The van der Waals surface area contributed by atoms with Crippen molar-refractivity contribution in [2.24, 2.45) is 22.7 Å². The van der Waals surface area contributed by atoms with Crippen LogP contribution in [-0.2, 0) is 0 Å². The SMILES string of the molecule is [B]C1(C)C=NC(C(C)C)=CC1C(C)C. The molecule has 1 nitrogen and oxygen atoms in total. The topological polar surface area (TPSA) is 12.4 Å². The molecule has 0 fully saturated rings. The highest BCUT2D eigenvalue weighted by Crippen LogP contribution is 2.40. The molecule has 0 saturated heterocycles. The predicted molar refractivity (Wildman–Crippen MR) is 63.9 cm³/mol. The van der Waals surface area contributed by atoms with E-state index in [0.29, 0.717) is 17.8 Å². The molecule has 0 amide bonds. The van der Waals surface area contributed by atoms with Crippen LogP contribution in [0.1, 0.15) is 34.6 Å². The zero-order chi connectivity index (χ0) is 10.9. The van der Waals surface area contributed by atoms with E-state index in [4.69, 9.17) is 7.85 Å². The van der Waals surface area contributed by atoms with Gasteiger partial charge >= 0.3 is 0 Å². The fraction of sp³-hybridized carbons (Fsp3) is 0.750. The molecule has 2 atom stereocenters. The monoisotopic (exact) mass is 189 g/mol. The lowest BCUT2D eigenvalue weighted by Gasteiger charge is -2.36. The zero-order valence-electron chi connectivity index (χ0n) is 9.91. The highest BCUT2D eigenvalue weighted by molar-refractivity contribution is 6.25. The fourth-order valence-electron chi connectivity index (χ4n) is 1.96. The van der Waals surface area contributed by atoms with Crippen LogP contribution in [0.4, 0.5) is 0 Å². The summed E-state index contributed by atoms with van der Waals surface area (Å²) >= 11 is 0. The van der Waals surface area contributed by atoms with Gasteiger partial charge in [0, 0.05) is 11.9 Å². The average Bonchev–Trinajstić information content (AvgIpc) is 2.02. The van der Waals surface area contributed by atoms with E-state index in [-0.39, 0.29) is 5.31 Å². The molecule has 0 saturated carbocycles. The van der Waals surface area contributed by atoms with E-state index < -0.39 is 0 Å². The van der Waals surface area contributed by atoms with Crippen LogP contribution >= 0.6 is 0 Å². The molecular formula is C12H20BN. The number of allylic oxidation sites excluding steroid dienone is 2. The van der Waals surface area contributed by atoms with Gasteiger partial charge in [0.05, 0.1) is 7.85 Å². The normalized spacial score (nSPS) is 32.5. The van der Waals surface area contributed by atoms with E-state index >= 15 is 0 Å². The minimum atomic E-state index is -0.285. The van der Waals surface area contributed by atoms with Gasteiger partial charge in [0.2, 0.25) is 0 Å². The van der Waals surface area contributed by atoms with Crippen LogP contribution in [0.5, 0.6) is 0 Å². The third kappa shape index (κ3) is 2.28. The molecule has 14 heavy (non-hydrogen) atoms. The number of hydrogen-bond donors (Lipinski definition) is 0. The summed E-state index contributed by atoms with van der Waals surface area (Å²) in [5.41, 5.74) is 1.17. The Morgan fingerprint density at radius 3 is 2.36 bits per heavy atom. The van der Waals surface area contributed by atoms with Crippen LogP contribution < -0.4 is 0 Å². The maximum Gasteiger partial charge on any atom is 0.0827 e. The summed E-state index contributed by atoms with van der Waals surface area (Å²) in [5, 5.41) is -0.285. The van der Waals surface area contributed by atoms with Crippen molar-refractivity contribution in [2.45, 2.75) is 39.9 Å². The fourth-order valence-corrected chi connectivity index (χ4v) is 1.96. The lowest BCUT2D eigenvalue weighted by Crippen LogP contribution is -2.28. The van der Waals surface area contributed by atoms with Gasteiger partial charge in [-0.05, 0) is 23.1 Å². The molecule has 0 aromatic carbocycles. The number of rotatable bonds is 2. The summed E-state index contributed by atoms with van der Waals surface area (Å²) in [6.45, 7) is 10.8. The number of aliphatic imine (C=N–C) groups is 1. The molecule has 1 aliphatic heterocycles. The van der Waals surface area contributed by atoms with Crippen LogP contribution in [-0.4, -0.2) is 14.1 Å². The minimum absolute atomic E-state index is 0.285. The molecule has 0 N–H and O–H groups in total. The van der Waals surface area contributed by atoms with Crippen molar-refractivity contribution in [1.29, 1.82) is 0 Å². The van der Waals surface area contributed by atoms with Crippen LogP contribution in [0.3, 0.4) is 0 Å². The van der Waals surface area contributed by atoms with Gasteiger partial charge in [-0.3, -0.25) is 4.99 Å². The first-order chi connectivity index (χ1) is 6.34. The molecule has 0 bridgehead atoms. The van der Waals surface area contributed by atoms with E-state index in [0.717, 1.165) is 0 Å². The molecule has 76 valence electrons. The van der Waals surface area contributed by atoms with E-state index in [1.807, 2.05) is 6.21 Å². The summed E-state index contributed by atoms with van der Waals surface area (Å²) in [7, 11) is 6.19. The molecular weight excluding hydrogens is 169 g/mol. The van der Waals surface area contributed by atoms with Gasteiger partial charge in [0.1, 0.15) is 0 Å². The van der Waals surface area contributed by atoms with Crippen molar-refractivity contribution in [1.82, 2.24) is 0 Å². The van der Waals surface area contributed by atoms with Gasteiger partial charge < -0.3 is 0 Å². The van der Waals surface area contributed by atoms with E-state index in [1.165, 1.54) is 5.70 Å². The highest BCUT2D eigenvalue weighted by Gasteiger charge is 2.31. The quantitative estimate of drug-likeness (QED) is 0.591. The first kappa shape index (κ1) is 11.5. The van der Waals surface area contributed by atoms with Crippen LogP contribution in [0.2, 0.25) is 5.31 Å². The molecule has 0 aliphatic carbocycles. The molecule has 1 rings (SSSR count). The molecule has 2 heteroatoms. The van der Waals surface area contributed by atoms with Gasteiger partial charge in [-0.2, -0.15) is 0 Å². The van der Waals surface area contributed by atoms with E-state index in [1.54, 1.807) is 0 Å². The predicted octanol–water partition coefficient (Wildman–Crippen LogP) is 3.23. The summed E-state index contributed by atoms with van der Waals surface area (Å²) in [6, 6.07) is 0. The first-order valence-electron chi connectivity index (χ1n) is 5.40. The third-order valence-electron chi connectivity index (χ3n) is 2.87. The van der Waals surface area contributed by atoms with Crippen LogP contribution in [0.15, 0.2) is 16.8 Å². The number of nitrogens with zero attached hydrogens (tertiary/aromatic N) is 1. The Morgan fingerprint density at radius 1 is 1.36 bits per heavy atom. The van der Waals surface area contributed by atoms with Crippen LogP contribution in [0, 0.1) is 17.8 Å². The van der Waals surface area contributed by atoms with Crippen molar-refractivity contribution in [3.05, 3.63) is 11.8 Å². The Hall–Kier alpha value is -0.525. The second kappa shape index (κ2) is 3.92.